The number of hydrogen-bond acceptors (Lipinski definition) is 5. The molecule has 1 aliphatic rings. The molecule has 4 aromatic rings. The van der Waals surface area contributed by atoms with Crippen molar-refractivity contribution < 1.29 is 4.74 Å². The number of nitrogens with zero attached hydrogens (tertiary/aromatic N) is 5. The molecule has 5 rings (SSSR count). The van der Waals surface area contributed by atoms with Gasteiger partial charge in [0, 0.05) is 41.2 Å². The molecule has 7 heteroatoms. The fourth-order valence-electron chi connectivity index (χ4n) is 4.03. The first-order valence-corrected chi connectivity index (χ1v) is 10.3. The third-order valence-corrected chi connectivity index (χ3v) is 5.69. The van der Waals surface area contributed by atoms with Crippen molar-refractivity contribution in [3.05, 3.63) is 54.0 Å². The molecular weight excluding hydrogens is 376 g/mol. The normalized spacial score (nSPS) is 15.1. The molecule has 0 unspecified atom stereocenters. The minimum atomic E-state index is -0.115. The SMILES string of the molecule is COc1ccc2[nH]cc(C3=CCN(c4ccc5nnc(C(C)(C)C)n5n4)CC3)c2c1. The van der Waals surface area contributed by atoms with Crippen molar-refractivity contribution in [2.45, 2.75) is 32.6 Å². The van der Waals surface area contributed by atoms with Crippen LogP contribution in [0.3, 0.4) is 0 Å². The largest absolute Gasteiger partial charge is 0.497 e. The van der Waals surface area contributed by atoms with Crippen molar-refractivity contribution in [3.63, 3.8) is 0 Å². The van der Waals surface area contributed by atoms with Crippen molar-refractivity contribution in [1.29, 1.82) is 0 Å². The highest BCUT2D eigenvalue weighted by Gasteiger charge is 2.23. The van der Waals surface area contributed by atoms with E-state index in [0.29, 0.717) is 0 Å². The molecule has 0 bridgehead atoms. The number of fused-ring (bicyclic) bond motifs is 2. The zero-order valence-corrected chi connectivity index (χ0v) is 17.8. The fourth-order valence-corrected chi connectivity index (χ4v) is 4.03. The molecule has 0 saturated heterocycles. The lowest BCUT2D eigenvalue weighted by Crippen LogP contribution is -2.29. The molecule has 0 saturated carbocycles. The van der Waals surface area contributed by atoms with Crippen LogP contribution in [0.15, 0.2) is 42.6 Å². The highest BCUT2D eigenvalue weighted by molar-refractivity contribution is 5.93. The van der Waals surface area contributed by atoms with Gasteiger partial charge in [-0.1, -0.05) is 26.8 Å². The van der Waals surface area contributed by atoms with E-state index in [0.717, 1.165) is 48.1 Å². The predicted octanol–water partition coefficient (Wildman–Crippen LogP) is 4.21. The number of aromatic amines is 1. The predicted molar refractivity (Wildman–Crippen MR) is 119 cm³/mol. The zero-order chi connectivity index (χ0) is 20.9. The number of nitrogens with one attached hydrogen (secondary N) is 1. The number of methoxy groups -OCH3 is 1. The van der Waals surface area contributed by atoms with Crippen LogP contribution in [0.25, 0.3) is 22.1 Å². The minimum absolute atomic E-state index is 0.115. The van der Waals surface area contributed by atoms with E-state index in [9.17, 15) is 0 Å². The molecule has 0 atom stereocenters. The van der Waals surface area contributed by atoms with Gasteiger partial charge in [0.25, 0.3) is 0 Å². The van der Waals surface area contributed by atoms with Crippen LogP contribution in [0.5, 0.6) is 5.75 Å². The summed E-state index contributed by atoms with van der Waals surface area (Å²) in [7, 11) is 1.70. The second-order valence-electron chi connectivity index (χ2n) is 8.77. The first-order chi connectivity index (χ1) is 14.4. The molecule has 30 heavy (non-hydrogen) atoms. The first kappa shape index (κ1) is 18.7. The molecule has 1 aliphatic heterocycles. The van der Waals surface area contributed by atoms with Crippen molar-refractivity contribution in [2.75, 3.05) is 25.1 Å². The average molecular weight is 403 g/mol. The van der Waals surface area contributed by atoms with Crippen molar-refractivity contribution in [2.24, 2.45) is 0 Å². The Balaban J connectivity index is 1.44. The summed E-state index contributed by atoms with van der Waals surface area (Å²) in [6.07, 6.45) is 5.36. The van der Waals surface area contributed by atoms with Gasteiger partial charge in [-0.15, -0.1) is 15.3 Å². The van der Waals surface area contributed by atoms with Gasteiger partial charge in [0.1, 0.15) is 11.6 Å². The molecule has 0 spiro atoms. The molecule has 0 radical (unpaired) electrons. The third kappa shape index (κ3) is 3.10. The molecule has 4 heterocycles. The van der Waals surface area contributed by atoms with E-state index >= 15 is 0 Å². The Morgan fingerprint density at radius 1 is 1.10 bits per heavy atom. The lowest BCUT2D eigenvalue weighted by molar-refractivity contribution is 0.415. The lowest BCUT2D eigenvalue weighted by Gasteiger charge is -2.27. The van der Waals surface area contributed by atoms with Gasteiger partial charge < -0.3 is 14.6 Å². The summed E-state index contributed by atoms with van der Waals surface area (Å²) < 4.78 is 7.28. The number of hydrogen-bond donors (Lipinski definition) is 1. The Morgan fingerprint density at radius 2 is 1.97 bits per heavy atom. The number of anilines is 1. The molecular formula is C23H26N6O. The Bertz CT molecular complexity index is 1260. The maximum atomic E-state index is 5.41. The van der Waals surface area contributed by atoms with Crippen molar-refractivity contribution in [1.82, 2.24) is 24.8 Å². The van der Waals surface area contributed by atoms with Crippen LogP contribution in [0, 0.1) is 0 Å². The van der Waals surface area contributed by atoms with Gasteiger partial charge in [0.2, 0.25) is 0 Å². The molecule has 0 aliphatic carbocycles. The van der Waals surface area contributed by atoms with E-state index < -0.39 is 0 Å². The smallest absolute Gasteiger partial charge is 0.178 e. The summed E-state index contributed by atoms with van der Waals surface area (Å²) >= 11 is 0. The van der Waals surface area contributed by atoms with Gasteiger partial charge in [0.05, 0.1) is 7.11 Å². The number of rotatable bonds is 3. The molecule has 1 aromatic carbocycles. The van der Waals surface area contributed by atoms with E-state index in [-0.39, 0.29) is 5.41 Å². The van der Waals surface area contributed by atoms with E-state index in [1.165, 1.54) is 16.5 Å². The number of H-pyrrole nitrogens is 1. The lowest BCUT2D eigenvalue weighted by atomic mass is 9.96. The fraction of sp³-hybridized carbons (Fsp3) is 0.348. The Kier molecular flexibility index (Phi) is 4.27. The topological polar surface area (TPSA) is 71.3 Å². The maximum absolute atomic E-state index is 5.41. The monoisotopic (exact) mass is 402 g/mol. The van der Waals surface area contributed by atoms with E-state index in [4.69, 9.17) is 9.84 Å². The van der Waals surface area contributed by atoms with Crippen molar-refractivity contribution >= 4 is 27.9 Å². The molecule has 3 aromatic heterocycles. The van der Waals surface area contributed by atoms with Gasteiger partial charge in [-0.3, -0.25) is 0 Å². The van der Waals surface area contributed by atoms with Gasteiger partial charge in [-0.25, -0.2) is 0 Å². The van der Waals surface area contributed by atoms with Crippen molar-refractivity contribution in [3.8, 4) is 5.75 Å². The van der Waals surface area contributed by atoms with E-state index in [1.54, 1.807) is 7.11 Å². The van der Waals surface area contributed by atoms with Gasteiger partial charge in [-0.05, 0) is 42.3 Å². The Morgan fingerprint density at radius 3 is 2.70 bits per heavy atom. The molecule has 1 N–H and O–H groups in total. The second kappa shape index (κ2) is 6.86. The van der Waals surface area contributed by atoms with Gasteiger partial charge in [0.15, 0.2) is 11.5 Å². The Hall–Kier alpha value is -3.35. The van der Waals surface area contributed by atoms with E-state index in [2.05, 4.69) is 65.3 Å². The summed E-state index contributed by atoms with van der Waals surface area (Å²) in [5.74, 6) is 2.70. The molecule has 0 fully saturated rings. The second-order valence-corrected chi connectivity index (χ2v) is 8.77. The van der Waals surface area contributed by atoms with Gasteiger partial charge in [-0.2, -0.15) is 4.52 Å². The van der Waals surface area contributed by atoms with Crippen LogP contribution in [0.4, 0.5) is 5.82 Å². The summed E-state index contributed by atoms with van der Waals surface area (Å²) in [6.45, 7) is 8.11. The van der Waals surface area contributed by atoms with Crippen LogP contribution in [-0.4, -0.2) is 45.0 Å². The number of ether oxygens (including phenoxy) is 1. The van der Waals surface area contributed by atoms with Crippen LogP contribution in [0.1, 0.15) is 38.6 Å². The highest BCUT2D eigenvalue weighted by Crippen LogP contribution is 2.32. The Labute approximate surface area is 175 Å². The number of benzene rings is 1. The van der Waals surface area contributed by atoms with Crippen LogP contribution >= 0.6 is 0 Å². The highest BCUT2D eigenvalue weighted by atomic mass is 16.5. The van der Waals surface area contributed by atoms with E-state index in [1.807, 2.05) is 22.7 Å². The van der Waals surface area contributed by atoms with Gasteiger partial charge >= 0.3 is 0 Å². The zero-order valence-electron chi connectivity index (χ0n) is 17.8. The number of aromatic nitrogens is 5. The summed E-state index contributed by atoms with van der Waals surface area (Å²) in [6, 6.07) is 10.2. The molecule has 154 valence electrons. The molecule has 7 nitrogen and oxygen atoms in total. The third-order valence-electron chi connectivity index (χ3n) is 5.69. The van der Waals surface area contributed by atoms with Crippen LogP contribution < -0.4 is 9.64 Å². The summed E-state index contributed by atoms with van der Waals surface area (Å²) in [4.78, 5) is 5.67. The minimum Gasteiger partial charge on any atom is -0.497 e. The van der Waals surface area contributed by atoms with Crippen LogP contribution in [0.2, 0.25) is 0 Å². The maximum Gasteiger partial charge on any atom is 0.178 e. The summed E-state index contributed by atoms with van der Waals surface area (Å²) in [5, 5.41) is 14.7. The molecule has 0 amide bonds. The van der Waals surface area contributed by atoms with Crippen LogP contribution in [-0.2, 0) is 5.41 Å². The quantitative estimate of drug-likeness (QED) is 0.556. The first-order valence-electron chi connectivity index (χ1n) is 10.3. The summed E-state index contributed by atoms with van der Waals surface area (Å²) in [5.41, 5.74) is 4.40. The average Bonchev–Trinajstić information content (AvgIpc) is 3.37. The standard InChI is InChI=1S/C23H26N6O/c1-23(2,3)22-26-25-20-7-8-21(27-29(20)22)28-11-9-15(10-12-28)18-14-24-19-6-5-16(30-4)13-17(18)19/h5-9,13-14,24H,10-12H2,1-4H3.